The summed E-state index contributed by atoms with van der Waals surface area (Å²) in [6.07, 6.45) is 0.834. The van der Waals surface area contributed by atoms with Crippen molar-refractivity contribution in [3.8, 4) is 17.6 Å². The van der Waals surface area contributed by atoms with E-state index in [0.29, 0.717) is 23.6 Å². The highest BCUT2D eigenvalue weighted by Gasteiger charge is 2.47. The van der Waals surface area contributed by atoms with Gasteiger partial charge in [0.05, 0.1) is 29.3 Å². The number of rotatable bonds is 7. The van der Waals surface area contributed by atoms with Gasteiger partial charge >= 0.3 is 5.56 Å². The molecule has 42 heavy (non-hydrogen) atoms. The van der Waals surface area contributed by atoms with Crippen molar-refractivity contribution in [2.75, 3.05) is 0 Å². The lowest BCUT2D eigenvalue weighted by atomic mass is 9.84. The molecule has 1 unspecified atom stereocenters. The summed E-state index contributed by atoms with van der Waals surface area (Å²) < 4.78 is 35.4. The second-order valence-corrected chi connectivity index (χ2v) is 11.4. The summed E-state index contributed by atoms with van der Waals surface area (Å²) >= 11 is 6.13. The Hall–Kier alpha value is -4.30. The van der Waals surface area contributed by atoms with E-state index in [-0.39, 0.29) is 28.2 Å². The molecule has 2 amide bonds. The molecule has 0 radical (unpaired) electrons. The molecule has 1 aliphatic rings. The molecule has 12 heteroatoms. The molecule has 1 fully saturated rings. The van der Waals surface area contributed by atoms with Crippen LogP contribution in [0.4, 0.5) is 8.78 Å². The normalized spacial score (nSPS) is 17.5. The lowest BCUT2D eigenvalue weighted by Crippen LogP contribution is -2.52. The zero-order valence-electron chi connectivity index (χ0n) is 23.7. The van der Waals surface area contributed by atoms with Gasteiger partial charge in [-0.2, -0.15) is 10.4 Å². The van der Waals surface area contributed by atoms with Crippen LogP contribution in [0.1, 0.15) is 66.8 Å². The largest absolute Gasteiger partial charge is 0.448 e. The van der Waals surface area contributed by atoms with E-state index < -0.39 is 52.5 Å². The Kier molecular flexibility index (Phi) is 8.68. The van der Waals surface area contributed by atoms with E-state index >= 15 is 4.39 Å². The Labute approximate surface area is 246 Å². The van der Waals surface area contributed by atoms with Crippen LogP contribution in [0.25, 0.3) is 0 Å². The highest BCUT2D eigenvalue weighted by molar-refractivity contribution is 6.30. The fourth-order valence-corrected chi connectivity index (χ4v) is 5.38. The first-order valence-corrected chi connectivity index (χ1v) is 13.6. The second-order valence-electron chi connectivity index (χ2n) is 11.0. The first-order valence-electron chi connectivity index (χ1n) is 13.3. The molecule has 3 aromatic rings. The summed E-state index contributed by atoms with van der Waals surface area (Å²) in [4.78, 5) is 40.4. The standard InChI is InChI=1S/C30H30ClF2N5O4/c1-15-10-18(12-22(33)26(15)42-24-11-16(2)36-37-28(24)40)27(39)35-17(3)29(41)38-23(8-9-25(38)30(4,5)14-34)20-13-19(31)6-7-21(20)32/h6-7,10-13,17,23,25H,8-9H2,1-5H3,(H,35,39)(H,37,40)/t17-,23+,25?/m1/s1. The average molecular weight is 598 g/mol. The van der Waals surface area contributed by atoms with E-state index in [2.05, 4.69) is 21.6 Å². The van der Waals surface area contributed by atoms with Crippen molar-refractivity contribution in [3.63, 3.8) is 0 Å². The summed E-state index contributed by atoms with van der Waals surface area (Å²) in [6.45, 7) is 8.01. The van der Waals surface area contributed by atoms with Crippen LogP contribution in [0, 0.1) is 42.2 Å². The molecule has 0 bridgehead atoms. The highest BCUT2D eigenvalue weighted by atomic mass is 35.5. The minimum absolute atomic E-state index is 0.0791. The Morgan fingerprint density at radius 2 is 1.90 bits per heavy atom. The number of aromatic nitrogens is 2. The third-order valence-electron chi connectivity index (χ3n) is 7.40. The van der Waals surface area contributed by atoms with E-state index in [1.807, 2.05) is 0 Å². The van der Waals surface area contributed by atoms with Gasteiger partial charge in [0, 0.05) is 22.2 Å². The number of carbonyl (C=O) groups excluding carboxylic acids is 2. The number of likely N-dealkylation sites (tertiary alicyclic amines) is 1. The van der Waals surface area contributed by atoms with Crippen molar-refractivity contribution in [3.05, 3.63) is 85.8 Å². The fraction of sp³-hybridized carbons (Fsp3) is 0.367. The third-order valence-corrected chi connectivity index (χ3v) is 7.63. The lowest BCUT2D eigenvalue weighted by molar-refractivity contribution is -0.137. The van der Waals surface area contributed by atoms with Crippen molar-refractivity contribution in [1.29, 1.82) is 5.26 Å². The summed E-state index contributed by atoms with van der Waals surface area (Å²) in [5.41, 5.74) is -0.777. The van der Waals surface area contributed by atoms with Gasteiger partial charge in [0.25, 0.3) is 5.91 Å². The number of H-pyrrole nitrogens is 1. The average Bonchev–Trinajstić information content (AvgIpc) is 3.39. The number of benzene rings is 2. The molecule has 1 saturated heterocycles. The van der Waals surface area contributed by atoms with Gasteiger partial charge in [0.15, 0.2) is 17.3 Å². The monoisotopic (exact) mass is 597 g/mol. The molecule has 2 aromatic carbocycles. The number of nitriles is 1. The first-order chi connectivity index (χ1) is 19.7. The molecule has 9 nitrogen and oxygen atoms in total. The summed E-state index contributed by atoms with van der Waals surface area (Å²) in [5, 5.41) is 18.7. The van der Waals surface area contributed by atoms with Crippen LogP contribution >= 0.6 is 11.6 Å². The Morgan fingerprint density at radius 1 is 1.19 bits per heavy atom. The number of amides is 2. The number of nitrogens with one attached hydrogen (secondary N) is 2. The SMILES string of the molecule is Cc1cc(Oc2c(C)cc(C(=O)N[C@H](C)C(=O)N3C(C(C)(C)C#N)CC[C@H]3c3cc(Cl)ccc3F)cc2F)c(=O)[nH]n1. The first kappa shape index (κ1) is 30.7. The van der Waals surface area contributed by atoms with E-state index in [1.54, 1.807) is 20.8 Å². The third kappa shape index (κ3) is 6.14. The number of aromatic amines is 1. The van der Waals surface area contributed by atoms with Gasteiger partial charge in [0.2, 0.25) is 5.91 Å². The minimum atomic E-state index is -1.10. The van der Waals surface area contributed by atoms with E-state index in [4.69, 9.17) is 16.3 Å². The molecule has 3 atom stereocenters. The van der Waals surface area contributed by atoms with Crippen molar-refractivity contribution < 1.29 is 23.1 Å². The molecular formula is C30H30ClF2N5O4. The molecule has 1 aromatic heterocycles. The van der Waals surface area contributed by atoms with Crippen LogP contribution in [-0.4, -0.2) is 39.0 Å². The molecule has 1 aliphatic heterocycles. The number of aryl methyl sites for hydroxylation is 2. The maximum atomic E-state index is 15.1. The highest BCUT2D eigenvalue weighted by Crippen LogP contribution is 2.44. The molecule has 220 valence electrons. The summed E-state index contributed by atoms with van der Waals surface area (Å²) in [7, 11) is 0. The number of nitrogens with zero attached hydrogens (tertiary/aromatic N) is 3. The number of hydrogen-bond donors (Lipinski definition) is 2. The maximum absolute atomic E-state index is 15.1. The topological polar surface area (TPSA) is 128 Å². The van der Waals surface area contributed by atoms with Gasteiger partial charge in [-0.05, 0) is 83.4 Å². The smallest absolute Gasteiger partial charge is 0.307 e. The van der Waals surface area contributed by atoms with Crippen LogP contribution in [0.2, 0.25) is 5.02 Å². The Morgan fingerprint density at radius 3 is 2.57 bits per heavy atom. The number of halogens is 3. The quantitative estimate of drug-likeness (QED) is 0.369. The minimum Gasteiger partial charge on any atom is -0.448 e. The van der Waals surface area contributed by atoms with E-state index in [1.165, 1.54) is 49.1 Å². The van der Waals surface area contributed by atoms with Crippen molar-refractivity contribution in [2.24, 2.45) is 5.41 Å². The Balaban J connectivity index is 1.58. The van der Waals surface area contributed by atoms with Crippen molar-refractivity contribution >= 4 is 23.4 Å². The van der Waals surface area contributed by atoms with E-state index in [9.17, 15) is 24.0 Å². The van der Waals surface area contributed by atoms with Crippen LogP contribution in [0.3, 0.4) is 0 Å². The van der Waals surface area contributed by atoms with Crippen molar-refractivity contribution in [2.45, 2.75) is 65.6 Å². The molecule has 0 aliphatic carbocycles. The van der Waals surface area contributed by atoms with Crippen LogP contribution in [-0.2, 0) is 4.79 Å². The molecule has 2 N–H and O–H groups in total. The predicted molar refractivity (Wildman–Crippen MR) is 151 cm³/mol. The Bertz CT molecular complexity index is 1630. The second kappa shape index (κ2) is 11.9. The van der Waals surface area contributed by atoms with Gasteiger partial charge in [-0.15, -0.1) is 0 Å². The number of ether oxygens (including phenoxy) is 1. The van der Waals surface area contributed by atoms with Gasteiger partial charge < -0.3 is 15.0 Å². The molecular weight excluding hydrogens is 568 g/mol. The van der Waals surface area contributed by atoms with Crippen LogP contribution in [0.15, 0.2) is 41.2 Å². The molecule has 2 heterocycles. The van der Waals surface area contributed by atoms with E-state index in [0.717, 1.165) is 6.07 Å². The molecule has 4 rings (SSSR count). The van der Waals surface area contributed by atoms with Crippen molar-refractivity contribution in [1.82, 2.24) is 20.4 Å². The fourth-order valence-electron chi connectivity index (χ4n) is 5.20. The zero-order valence-corrected chi connectivity index (χ0v) is 24.5. The van der Waals surface area contributed by atoms with Crippen LogP contribution < -0.4 is 15.6 Å². The summed E-state index contributed by atoms with van der Waals surface area (Å²) in [6, 6.07) is 7.63. The molecule has 0 spiro atoms. The number of carbonyl (C=O) groups is 2. The van der Waals surface area contributed by atoms with Gasteiger partial charge in [-0.1, -0.05) is 11.6 Å². The van der Waals surface area contributed by atoms with Gasteiger partial charge in [-0.3, -0.25) is 14.4 Å². The maximum Gasteiger partial charge on any atom is 0.307 e. The number of hydrogen-bond acceptors (Lipinski definition) is 6. The summed E-state index contributed by atoms with van der Waals surface area (Å²) in [5.74, 6) is -3.08. The van der Waals surface area contributed by atoms with Gasteiger partial charge in [0.1, 0.15) is 11.9 Å². The zero-order chi connectivity index (χ0) is 30.9. The van der Waals surface area contributed by atoms with Crippen LogP contribution in [0.5, 0.6) is 11.5 Å². The molecule has 0 saturated carbocycles. The van der Waals surface area contributed by atoms with Gasteiger partial charge in [-0.25, -0.2) is 13.9 Å². The predicted octanol–water partition coefficient (Wildman–Crippen LogP) is 5.51. The lowest BCUT2D eigenvalue weighted by Gasteiger charge is -2.38.